The molecule has 2 nitrogen and oxygen atoms in total. The van der Waals surface area contributed by atoms with Crippen LogP contribution >= 0.6 is 0 Å². The molecule has 0 aromatic heterocycles. The van der Waals surface area contributed by atoms with Crippen molar-refractivity contribution in [2.24, 2.45) is 5.92 Å². The molecule has 1 atom stereocenters. The minimum absolute atomic E-state index is 0.0267. The second-order valence-electron chi connectivity index (χ2n) is 7.43. The molecular formula is C22H36O2. The van der Waals surface area contributed by atoms with E-state index < -0.39 is 0 Å². The first-order valence-electron chi connectivity index (χ1n) is 9.78. The van der Waals surface area contributed by atoms with Gasteiger partial charge in [0.15, 0.2) is 0 Å². The second-order valence-corrected chi connectivity index (χ2v) is 7.43. The fourth-order valence-electron chi connectivity index (χ4n) is 2.94. The van der Waals surface area contributed by atoms with Crippen molar-refractivity contribution in [2.45, 2.75) is 91.9 Å². The van der Waals surface area contributed by atoms with E-state index in [9.17, 15) is 4.79 Å². The van der Waals surface area contributed by atoms with E-state index in [2.05, 4.69) is 32.9 Å². The van der Waals surface area contributed by atoms with E-state index in [0.29, 0.717) is 5.92 Å². The van der Waals surface area contributed by atoms with E-state index in [4.69, 9.17) is 4.74 Å². The largest absolute Gasteiger partial charge is 0.426 e. The summed E-state index contributed by atoms with van der Waals surface area (Å²) in [6.07, 6.45) is 9.87. The summed E-state index contributed by atoms with van der Waals surface area (Å²) in [6, 6.07) is 6.13. The average Bonchev–Trinajstić information content (AvgIpc) is 2.53. The molecule has 1 aromatic rings. The van der Waals surface area contributed by atoms with Crippen LogP contribution in [-0.2, 0) is 4.79 Å². The zero-order chi connectivity index (χ0) is 17.9. The third-order valence-corrected chi connectivity index (χ3v) is 4.64. The van der Waals surface area contributed by atoms with E-state index in [1.165, 1.54) is 38.5 Å². The Bertz CT molecular complexity index is 491. The summed E-state index contributed by atoms with van der Waals surface area (Å²) in [5, 5.41) is 0. The predicted molar refractivity (Wildman–Crippen MR) is 103 cm³/mol. The van der Waals surface area contributed by atoms with Crippen LogP contribution in [0.2, 0.25) is 0 Å². The number of esters is 1. The molecule has 0 heterocycles. The smallest absolute Gasteiger partial charge is 0.314 e. The minimum Gasteiger partial charge on any atom is -0.426 e. The summed E-state index contributed by atoms with van der Waals surface area (Å²) in [4.78, 5) is 12.4. The van der Waals surface area contributed by atoms with Crippen LogP contribution in [0.4, 0.5) is 0 Å². The fourth-order valence-corrected chi connectivity index (χ4v) is 2.94. The number of unbranched alkanes of at least 4 members (excludes halogenated alkanes) is 6. The van der Waals surface area contributed by atoms with Crippen LogP contribution in [0.25, 0.3) is 0 Å². The standard InChI is InChI=1S/C22H36O2/c1-6-7-8-9-10-11-12-13-19(5)22(23)24-21-16-18(4)14-15-20(21)17(2)3/h14-17,19H,6-13H2,1-5H3. The maximum absolute atomic E-state index is 12.4. The van der Waals surface area contributed by atoms with E-state index in [1.807, 2.05) is 19.9 Å². The Kier molecular flexibility index (Phi) is 9.75. The molecule has 0 saturated carbocycles. The van der Waals surface area contributed by atoms with Gasteiger partial charge in [0.1, 0.15) is 5.75 Å². The van der Waals surface area contributed by atoms with Crippen molar-refractivity contribution in [1.29, 1.82) is 0 Å². The van der Waals surface area contributed by atoms with Crippen molar-refractivity contribution in [3.05, 3.63) is 29.3 Å². The highest BCUT2D eigenvalue weighted by atomic mass is 16.5. The lowest BCUT2D eigenvalue weighted by Gasteiger charge is -2.16. The second kappa shape index (κ2) is 11.3. The maximum Gasteiger partial charge on any atom is 0.314 e. The maximum atomic E-state index is 12.4. The summed E-state index contributed by atoms with van der Waals surface area (Å²) in [5.41, 5.74) is 2.24. The normalized spacial score (nSPS) is 12.4. The average molecular weight is 333 g/mol. The molecule has 0 spiro atoms. The Balaban J connectivity index is 2.40. The van der Waals surface area contributed by atoms with Crippen LogP contribution in [-0.4, -0.2) is 5.97 Å². The number of carbonyl (C=O) groups excluding carboxylic acids is 1. The van der Waals surface area contributed by atoms with Gasteiger partial charge >= 0.3 is 5.97 Å². The summed E-state index contributed by atoms with van der Waals surface area (Å²) < 4.78 is 5.72. The molecule has 1 aromatic carbocycles. The molecule has 0 bridgehead atoms. The van der Waals surface area contributed by atoms with Crippen molar-refractivity contribution in [1.82, 2.24) is 0 Å². The Morgan fingerprint density at radius 3 is 2.25 bits per heavy atom. The lowest BCUT2D eigenvalue weighted by atomic mass is 10.00. The molecule has 1 rings (SSSR count). The molecular weight excluding hydrogens is 296 g/mol. The van der Waals surface area contributed by atoms with Gasteiger partial charge in [0, 0.05) is 0 Å². The lowest BCUT2D eigenvalue weighted by molar-refractivity contribution is -0.138. The van der Waals surface area contributed by atoms with Gasteiger partial charge in [-0.3, -0.25) is 4.79 Å². The fraction of sp³-hybridized carbons (Fsp3) is 0.682. The van der Waals surface area contributed by atoms with Gasteiger partial charge in [-0.15, -0.1) is 0 Å². The first-order chi connectivity index (χ1) is 11.5. The quantitative estimate of drug-likeness (QED) is 0.253. The molecule has 0 aliphatic rings. The highest BCUT2D eigenvalue weighted by molar-refractivity contribution is 5.75. The summed E-state index contributed by atoms with van der Waals surface area (Å²) in [6.45, 7) is 10.5. The highest BCUT2D eigenvalue weighted by Crippen LogP contribution is 2.28. The minimum atomic E-state index is -0.0894. The Hall–Kier alpha value is -1.31. The zero-order valence-electron chi connectivity index (χ0n) is 16.4. The van der Waals surface area contributed by atoms with Crippen molar-refractivity contribution < 1.29 is 9.53 Å². The van der Waals surface area contributed by atoms with Gasteiger partial charge in [-0.1, -0.05) is 84.8 Å². The van der Waals surface area contributed by atoms with Crippen molar-refractivity contribution in [2.75, 3.05) is 0 Å². The highest BCUT2D eigenvalue weighted by Gasteiger charge is 2.17. The lowest BCUT2D eigenvalue weighted by Crippen LogP contribution is -2.18. The first kappa shape index (κ1) is 20.7. The summed E-state index contributed by atoms with van der Waals surface area (Å²) >= 11 is 0. The van der Waals surface area contributed by atoms with Gasteiger partial charge in [0.25, 0.3) is 0 Å². The SMILES string of the molecule is CCCCCCCCCC(C)C(=O)Oc1cc(C)ccc1C(C)C. The zero-order valence-corrected chi connectivity index (χ0v) is 16.4. The molecule has 0 fully saturated rings. The van der Waals surface area contributed by atoms with E-state index >= 15 is 0 Å². The van der Waals surface area contributed by atoms with Gasteiger partial charge < -0.3 is 4.74 Å². The van der Waals surface area contributed by atoms with Crippen molar-refractivity contribution in [3.63, 3.8) is 0 Å². The number of rotatable bonds is 11. The molecule has 0 aliphatic heterocycles. The van der Waals surface area contributed by atoms with Gasteiger partial charge in [-0.05, 0) is 36.5 Å². The van der Waals surface area contributed by atoms with Crippen molar-refractivity contribution >= 4 is 5.97 Å². The van der Waals surface area contributed by atoms with Crippen LogP contribution in [0.15, 0.2) is 18.2 Å². The molecule has 0 aliphatic carbocycles. The molecule has 0 amide bonds. The molecule has 136 valence electrons. The van der Waals surface area contributed by atoms with Gasteiger partial charge in [0.2, 0.25) is 0 Å². The van der Waals surface area contributed by atoms with Gasteiger partial charge in [-0.2, -0.15) is 0 Å². The van der Waals surface area contributed by atoms with Crippen LogP contribution < -0.4 is 4.74 Å². The summed E-state index contributed by atoms with van der Waals surface area (Å²) in [7, 11) is 0. The monoisotopic (exact) mass is 332 g/mol. The molecule has 0 saturated heterocycles. The van der Waals surface area contributed by atoms with E-state index in [-0.39, 0.29) is 11.9 Å². The summed E-state index contributed by atoms with van der Waals surface area (Å²) in [5.74, 6) is 0.975. The van der Waals surface area contributed by atoms with E-state index in [0.717, 1.165) is 29.7 Å². The molecule has 0 radical (unpaired) electrons. The van der Waals surface area contributed by atoms with Crippen LogP contribution in [0.1, 0.15) is 96.1 Å². The van der Waals surface area contributed by atoms with Crippen LogP contribution in [0, 0.1) is 12.8 Å². The number of ether oxygens (including phenoxy) is 1. The van der Waals surface area contributed by atoms with E-state index in [1.54, 1.807) is 0 Å². The third kappa shape index (κ3) is 7.51. The molecule has 0 N–H and O–H groups in total. The molecule has 1 unspecified atom stereocenters. The predicted octanol–water partition coefficient (Wildman–Crippen LogP) is 6.80. The van der Waals surface area contributed by atoms with Crippen molar-refractivity contribution in [3.8, 4) is 5.75 Å². The molecule has 2 heteroatoms. The number of hydrogen-bond acceptors (Lipinski definition) is 2. The Labute approximate surface area is 149 Å². The first-order valence-corrected chi connectivity index (χ1v) is 9.78. The van der Waals surface area contributed by atoms with Crippen LogP contribution in [0.5, 0.6) is 5.75 Å². The number of aryl methyl sites for hydroxylation is 1. The van der Waals surface area contributed by atoms with Gasteiger partial charge in [0.05, 0.1) is 5.92 Å². The Morgan fingerprint density at radius 1 is 1.00 bits per heavy atom. The number of benzene rings is 1. The third-order valence-electron chi connectivity index (χ3n) is 4.64. The number of carbonyl (C=O) groups is 1. The topological polar surface area (TPSA) is 26.3 Å². The van der Waals surface area contributed by atoms with Gasteiger partial charge in [-0.25, -0.2) is 0 Å². The molecule has 24 heavy (non-hydrogen) atoms. The van der Waals surface area contributed by atoms with Crippen LogP contribution in [0.3, 0.4) is 0 Å². The Morgan fingerprint density at radius 2 is 1.62 bits per heavy atom. The number of hydrogen-bond donors (Lipinski definition) is 0.